The minimum atomic E-state index is -0.432. The predicted octanol–water partition coefficient (Wildman–Crippen LogP) is 2.37. The quantitative estimate of drug-likeness (QED) is 0.743. The number of carbonyl (C=O) groups excluding carboxylic acids is 1. The van der Waals surface area contributed by atoms with Crippen LogP contribution >= 0.6 is 0 Å². The fourth-order valence-electron chi connectivity index (χ4n) is 3.24. The maximum absolute atomic E-state index is 12.6. The van der Waals surface area contributed by atoms with Gasteiger partial charge in [0.05, 0.1) is 7.11 Å². The Labute approximate surface area is 161 Å². The number of ether oxygens (including phenoxy) is 1. The molecular weight excluding hydrogens is 358 g/mol. The van der Waals surface area contributed by atoms with Crippen molar-refractivity contribution in [3.8, 4) is 23.5 Å². The molecule has 1 aliphatic rings. The molecule has 9 heteroatoms. The fraction of sp³-hybridized carbons (Fsp3) is 0.263. The Morgan fingerprint density at radius 1 is 1.29 bits per heavy atom. The molecular formula is C19H17N7O2. The van der Waals surface area contributed by atoms with Gasteiger partial charge in [0.2, 0.25) is 5.88 Å². The maximum Gasteiger partial charge on any atom is 0.262 e. The van der Waals surface area contributed by atoms with Gasteiger partial charge in [-0.3, -0.25) is 4.79 Å². The normalized spacial score (nSPS) is 15.0. The molecule has 0 saturated carbocycles. The highest BCUT2D eigenvalue weighted by Crippen LogP contribution is 2.30. The van der Waals surface area contributed by atoms with Crippen molar-refractivity contribution in [1.29, 1.82) is 5.26 Å². The van der Waals surface area contributed by atoms with Crippen LogP contribution in [0.25, 0.3) is 11.5 Å². The van der Waals surface area contributed by atoms with Crippen molar-refractivity contribution in [2.45, 2.75) is 25.8 Å². The summed E-state index contributed by atoms with van der Waals surface area (Å²) in [6, 6.07) is 10.5. The monoisotopic (exact) mass is 375 g/mol. The molecule has 0 bridgehead atoms. The van der Waals surface area contributed by atoms with Gasteiger partial charge in [0.1, 0.15) is 34.7 Å². The van der Waals surface area contributed by atoms with E-state index in [-0.39, 0.29) is 17.1 Å². The van der Waals surface area contributed by atoms with E-state index in [9.17, 15) is 4.79 Å². The number of rotatable bonds is 4. The third-order valence-electron chi connectivity index (χ3n) is 4.63. The summed E-state index contributed by atoms with van der Waals surface area (Å²) in [6.07, 6.45) is 1.93. The molecule has 0 aromatic carbocycles. The van der Waals surface area contributed by atoms with Crippen molar-refractivity contribution in [2.75, 3.05) is 12.4 Å². The zero-order valence-corrected chi connectivity index (χ0v) is 15.4. The van der Waals surface area contributed by atoms with Gasteiger partial charge in [-0.2, -0.15) is 5.26 Å². The summed E-state index contributed by atoms with van der Waals surface area (Å²) in [5.74, 6) is 1.66. The van der Waals surface area contributed by atoms with Crippen LogP contribution in [-0.2, 0) is 6.42 Å². The number of amides is 1. The average Bonchev–Trinajstić information content (AvgIpc) is 3.30. The van der Waals surface area contributed by atoms with Crippen LogP contribution in [0.3, 0.4) is 0 Å². The van der Waals surface area contributed by atoms with Crippen LogP contribution in [0.5, 0.6) is 5.88 Å². The molecule has 0 unspecified atom stereocenters. The molecule has 0 radical (unpaired) electrons. The van der Waals surface area contributed by atoms with Gasteiger partial charge in [-0.1, -0.05) is 6.07 Å². The van der Waals surface area contributed by atoms with Crippen LogP contribution in [-0.4, -0.2) is 37.7 Å². The summed E-state index contributed by atoms with van der Waals surface area (Å²) in [4.78, 5) is 21.1. The van der Waals surface area contributed by atoms with Crippen molar-refractivity contribution in [3.63, 3.8) is 0 Å². The maximum atomic E-state index is 12.6. The highest BCUT2D eigenvalue weighted by atomic mass is 16.5. The molecule has 0 saturated heterocycles. The predicted molar refractivity (Wildman–Crippen MR) is 99.7 cm³/mol. The number of hydrogen-bond acceptors (Lipinski definition) is 7. The smallest absolute Gasteiger partial charge is 0.262 e. The van der Waals surface area contributed by atoms with Crippen molar-refractivity contribution < 1.29 is 9.53 Å². The van der Waals surface area contributed by atoms with Gasteiger partial charge >= 0.3 is 0 Å². The molecule has 1 aliphatic heterocycles. The lowest BCUT2D eigenvalue weighted by atomic mass is 10.2. The largest absolute Gasteiger partial charge is 0.480 e. The Morgan fingerprint density at radius 3 is 2.93 bits per heavy atom. The van der Waals surface area contributed by atoms with E-state index in [1.54, 1.807) is 12.1 Å². The first-order chi connectivity index (χ1) is 13.6. The summed E-state index contributed by atoms with van der Waals surface area (Å²) in [6.45, 7) is 2.12. The van der Waals surface area contributed by atoms with Gasteiger partial charge in [-0.05, 0) is 37.6 Å². The zero-order chi connectivity index (χ0) is 19.7. The number of methoxy groups -OCH3 is 1. The second-order valence-corrected chi connectivity index (χ2v) is 6.42. The number of aromatic nitrogens is 5. The van der Waals surface area contributed by atoms with Gasteiger partial charge in [0, 0.05) is 12.5 Å². The van der Waals surface area contributed by atoms with Crippen LogP contribution in [0.15, 0.2) is 30.3 Å². The number of pyridine rings is 2. The molecule has 1 N–H and O–H groups in total. The molecule has 4 heterocycles. The summed E-state index contributed by atoms with van der Waals surface area (Å²) in [5, 5.41) is 20.2. The van der Waals surface area contributed by atoms with Gasteiger partial charge in [0.15, 0.2) is 5.82 Å². The highest BCUT2D eigenvalue weighted by molar-refractivity contribution is 6.05. The number of nitrogens with one attached hydrogen (secondary N) is 1. The first-order valence-electron chi connectivity index (χ1n) is 8.78. The van der Waals surface area contributed by atoms with E-state index in [0.29, 0.717) is 23.4 Å². The molecule has 3 aromatic rings. The molecule has 9 nitrogen and oxygen atoms in total. The van der Waals surface area contributed by atoms with Crippen LogP contribution in [0.1, 0.15) is 41.3 Å². The SMILES string of the molecule is COc1nc(C#N)ccc1C(=O)Nc1cccc(-c2nnc3n2[C@@H](C)CC3)n1. The molecule has 1 amide bonds. The van der Waals surface area contributed by atoms with Crippen LogP contribution in [0.2, 0.25) is 0 Å². The standard InChI is InChI=1S/C19H17N7O2/c1-11-6-9-16-24-25-17(26(11)16)14-4-3-5-15(22-14)23-18(27)13-8-7-12(10-20)21-19(13)28-2/h3-5,7-8,11H,6,9H2,1-2H3,(H,22,23,27)/t11-/m0/s1. The average molecular weight is 375 g/mol. The lowest BCUT2D eigenvalue weighted by Crippen LogP contribution is -2.15. The van der Waals surface area contributed by atoms with Crippen LogP contribution in [0.4, 0.5) is 5.82 Å². The molecule has 1 atom stereocenters. The second-order valence-electron chi connectivity index (χ2n) is 6.42. The summed E-state index contributed by atoms with van der Waals surface area (Å²) in [7, 11) is 1.40. The minimum Gasteiger partial charge on any atom is -0.480 e. The van der Waals surface area contributed by atoms with E-state index in [4.69, 9.17) is 10.00 Å². The van der Waals surface area contributed by atoms with Crippen LogP contribution in [0, 0.1) is 11.3 Å². The molecule has 28 heavy (non-hydrogen) atoms. The fourth-order valence-corrected chi connectivity index (χ4v) is 3.24. The van der Waals surface area contributed by atoms with E-state index in [1.807, 2.05) is 12.1 Å². The van der Waals surface area contributed by atoms with Crippen LogP contribution < -0.4 is 10.1 Å². The van der Waals surface area contributed by atoms with E-state index in [2.05, 4.69) is 37.0 Å². The first kappa shape index (κ1) is 17.6. The number of anilines is 1. The van der Waals surface area contributed by atoms with Crippen molar-refractivity contribution in [2.24, 2.45) is 0 Å². The van der Waals surface area contributed by atoms with E-state index in [0.717, 1.165) is 18.7 Å². The van der Waals surface area contributed by atoms with Gasteiger partial charge in [-0.25, -0.2) is 9.97 Å². The Bertz CT molecular complexity index is 1100. The first-order valence-corrected chi connectivity index (χ1v) is 8.78. The molecule has 0 spiro atoms. The van der Waals surface area contributed by atoms with Gasteiger partial charge in [-0.15, -0.1) is 10.2 Å². The Hall–Kier alpha value is -3.80. The topological polar surface area (TPSA) is 119 Å². The Kier molecular flexibility index (Phi) is 4.45. The molecule has 4 rings (SSSR count). The van der Waals surface area contributed by atoms with E-state index < -0.39 is 5.91 Å². The second kappa shape index (κ2) is 7.08. The Balaban J connectivity index is 1.61. The third-order valence-corrected chi connectivity index (χ3v) is 4.63. The van der Waals surface area contributed by atoms with Gasteiger partial charge in [0.25, 0.3) is 5.91 Å². The summed E-state index contributed by atoms with van der Waals surface area (Å²) >= 11 is 0. The lowest BCUT2D eigenvalue weighted by molar-refractivity contribution is 0.102. The van der Waals surface area contributed by atoms with E-state index >= 15 is 0 Å². The Morgan fingerprint density at radius 2 is 2.14 bits per heavy atom. The van der Waals surface area contributed by atoms with Crippen molar-refractivity contribution in [1.82, 2.24) is 24.7 Å². The van der Waals surface area contributed by atoms with Crippen molar-refractivity contribution >= 4 is 11.7 Å². The summed E-state index contributed by atoms with van der Waals surface area (Å²) < 4.78 is 7.21. The van der Waals surface area contributed by atoms with Crippen molar-refractivity contribution in [3.05, 3.63) is 47.4 Å². The number of aryl methyl sites for hydroxylation is 1. The number of fused-ring (bicyclic) bond motifs is 1. The minimum absolute atomic E-state index is 0.0804. The highest BCUT2D eigenvalue weighted by Gasteiger charge is 2.25. The van der Waals surface area contributed by atoms with E-state index in [1.165, 1.54) is 19.2 Å². The number of carbonyl (C=O) groups is 1. The third kappa shape index (κ3) is 3.05. The summed E-state index contributed by atoms with van der Waals surface area (Å²) in [5.41, 5.74) is 1.02. The van der Waals surface area contributed by atoms with Gasteiger partial charge < -0.3 is 14.6 Å². The molecule has 0 fully saturated rings. The molecule has 0 aliphatic carbocycles. The lowest BCUT2D eigenvalue weighted by Gasteiger charge is -2.11. The number of nitriles is 1. The number of hydrogen-bond donors (Lipinski definition) is 1. The molecule has 140 valence electrons. The number of nitrogens with zero attached hydrogens (tertiary/aromatic N) is 6. The molecule has 3 aromatic heterocycles. The zero-order valence-electron chi connectivity index (χ0n) is 15.4.